The van der Waals surface area contributed by atoms with Crippen molar-refractivity contribution in [1.82, 2.24) is 0 Å². The molecule has 94 valence electrons. The van der Waals surface area contributed by atoms with Gasteiger partial charge < -0.3 is 15.7 Å². The Bertz CT molecular complexity index is 488. The summed E-state index contributed by atoms with van der Waals surface area (Å²) in [6.45, 7) is 0.227. The number of aliphatic carboxylic acids is 1. The van der Waals surface area contributed by atoms with Crippen LogP contribution in [0.3, 0.4) is 0 Å². The molecule has 18 heavy (non-hydrogen) atoms. The van der Waals surface area contributed by atoms with Crippen LogP contribution < -0.4 is 10.6 Å². The molecule has 0 aliphatic rings. The van der Waals surface area contributed by atoms with Crippen LogP contribution in [0, 0.1) is 11.3 Å². The summed E-state index contributed by atoms with van der Waals surface area (Å²) in [5, 5.41) is 17.4. The van der Waals surface area contributed by atoms with E-state index in [-0.39, 0.29) is 18.9 Å². The quantitative estimate of drug-likeness (QED) is 0.603. The molecule has 0 aliphatic carbocycles. The van der Waals surface area contributed by atoms with Gasteiger partial charge in [0.15, 0.2) is 5.96 Å². The zero-order valence-corrected chi connectivity index (χ0v) is 10.00. The van der Waals surface area contributed by atoms with Gasteiger partial charge in [0.1, 0.15) is 0 Å². The Morgan fingerprint density at radius 2 is 2.11 bits per heavy atom. The number of benzene rings is 1. The van der Waals surface area contributed by atoms with Gasteiger partial charge in [0, 0.05) is 19.3 Å². The van der Waals surface area contributed by atoms with Crippen LogP contribution in [-0.2, 0) is 4.79 Å². The molecular weight excluding hydrogens is 232 g/mol. The number of rotatable bonds is 4. The fourth-order valence-electron chi connectivity index (χ4n) is 1.42. The van der Waals surface area contributed by atoms with Gasteiger partial charge in [-0.15, -0.1) is 0 Å². The summed E-state index contributed by atoms with van der Waals surface area (Å²) in [6, 6.07) is 8.72. The maximum absolute atomic E-state index is 10.6. The van der Waals surface area contributed by atoms with Gasteiger partial charge in [-0.1, -0.05) is 0 Å². The number of carbonyl (C=O) groups is 1. The molecule has 1 aromatic carbocycles. The highest BCUT2D eigenvalue weighted by atomic mass is 16.4. The van der Waals surface area contributed by atoms with Crippen LogP contribution in [0.15, 0.2) is 29.3 Å². The van der Waals surface area contributed by atoms with E-state index in [1.54, 1.807) is 29.2 Å². The topological polar surface area (TPSA) is 103 Å². The number of nitriles is 1. The molecule has 0 fully saturated rings. The molecule has 6 nitrogen and oxygen atoms in total. The van der Waals surface area contributed by atoms with E-state index in [0.717, 1.165) is 0 Å². The molecule has 0 amide bonds. The second kappa shape index (κ2) is 6.25. The fourth-order valence-corrected chi connectivity index (χ4v) is 1.42. The second-order valence-corrected chi connectivity index (χ2v) is 3.54. The van der Waals surface area contributed by atoms with Crippen molar-refractivity contribution >= 4 is 17.6 Å². The predicted molar refractivity (Wildman–Crippen MR) is 68.3 cm³/mol. The van der Waals surface area contributed by atoms with Crippen LogP contribution in [0.5, 0.6) is 0 Å². The van der Waals surface area contributed by atoms with Crippen molar-refractivity contribution in [3.63, 3.8) is 0 Å². The van der Waals surface area contributed by atoms with Crippen LogP contribution in [-0.4, -0.2) is 30.6 Å². The van der Waals surface area contributed by atoms with Crippen molar-refractivity contribution in [3.8, 4) is 6.07 Å². The van der Waals surface area contributed by atoms with Crippen molar-refractivity contribution in [1.29, 1.82) is 5.26 Å². The van der Waals surface area contributed by atoms with Crippen LogP contribution in [0.1, 0.15) is 12.0 Å². The molecule has 1 rings (SSSR count). The van der Waals surface area contributed by atoms with Gasteiger partial charge >= 0.3 is 5.97 Å². The third-order valence-electron chi connectivity index (χ3n) is 2.36. The average molecular weight is 246 g/mol. The number of carboxylic acid groups (broad SMARTS) is 1. The summed E-state index contributed by atoms with van der Waals surface area (Å²) in [5.41, 5.74) is 6.96. The Kier molecular flexibility index (Phi) is 4.69. The molecular formula is C12H14N4O2. The van der Waals surface area contributed by atoms with Gasteiger partial charge in [0.2, 0.25) is 0 Å². The van der Waals surface area contributed by atoms with Crippen molar-refractivity contribution in [3.05, 3.63) is 29.8 Å². The molecule has 0 atom stereocenters. The van der Waals surface area contributed by atoms with Crippen LogP contribution in [0.2, 0.25) is 0 Å². The normalized spacial score (nSPS) is 10.8. The Hall–Kier alpha value is -2.55. The minimum Gasteiger partial charge on any atom is -0.481 e. The summed E-state index contributed by atoms with van der Waals surface area (Å²) in [5.74, 6) is -0.668. The van der Waals surface area contributed by atoms with E-state index in [0.29, 0.717) is 11.3 Å². The van der Waals surface area contributed by atoms with E-state index < -0.39 is 5.97 Å². The Morgan fingerprint density at radius 1 is 1.50 bits per heavy atom. The van der Waals surface area contributed by atoms with Gasteiger partial charge in [-0.2, -0.15) is 5.26 Å². The third kappa shape index (κ3) is 3.49. The van der Waals surface area contributed by atoms with E-state index in [1.165, 1.54) is 7.05 Å². The number of guanidine groups is 1. The zero-order valence-electron chi connectivity index (χ0n) is 10.00. The van der Waals surface area contributed by atoms with Crippen LogP contribution >= 0.6 is 0 Å². The highest BCUT2D eigenvalue weighted by Gasteiger charge is 2.12. The van der Waals surface area contributed by atoms with E-state index in [1.807, 2.05) is 6.07 Å². The first kappa shape index (κ1) is 13.5. The monoisotopic (exact) mass is 246 g/mol. The van der Waals surface area contributed by atoms with Crippen molar-refractivity contribution in [2.45, 2.75) is 6.42 Å². The van der Waals surface area contributed by atoms with Crippen LogP contribution in [0.4, 0.5) is 5.69 Å². The zero-order chi connectivity index (χ0) is 13.5. The largest absolute Gasteiger partial charge is 0.481 e. The first-order chi connectivity index (χ1) is 8.58. The molecule has 0 saturated heterocycles. The summed E-state index contributed by atoms with van der Waals surface area (Å²) < 4.78 is 0. The van der Waals surface area contributed by atoms with Crippen molar-refractivity contribution in [2.24, 2.45) is 10.7 Å². The van der Waals surface area contributed by atoms with E-state index in [4.69, 9.17) is 16.1 Å². The molecule has 6 heteroatoms. The summed E-state index contributed by atoms with van der Waals surface area (Å²) in [7, 11) is 1.53. The highest BCUT2D eigenvalue weighted by Crippen LogP contribution is 2.15. The Labute approximate surface area is 105 Å². The minimum atomic E-state index is -0.905. The van der Waals surface area contributed by atoms with Gasteiger partial charge in [-0.25, -0.2) is 0 Å². The maximum Gasteiger partial charge on any atom is 0.305 e. The molecule has 0 aromatic heterocycles. The molecule has 0 spiro atoms. The first-order valence-corrected chi connectivity index (χ1v) is 5.30. The standard InChI is InChI=1S/C12H14N4O2/c1-15-12(14)16(7-6-11(17)18)10-4-2-9(8-13)3-5-10/h2-5H,6-7H2,1H3,(H2,14,15)(H,17,18). The number of hydrogen-bond acceptors (Lipinski definition) is 3. The van der Waals surface area contributed by atoms with Crippen molar-refractivity contribution in [2.75, 3.05) is 18.5 Å². The lowest BCUT2D eigenvalue weighted by Crippen LogP contribution is -2.38. The number of anilines is 1. The Morgan fingerprint density at radius 3 is 2.56 bits per heavy atom. The lowest BCUT2D eigenvalue weighted by molar-refractivity contribution is -0.136. The number of aliphatic imine (C=N–C) groups is 1. The highest BCUT2D eigenvalue weighted by molar-refractivity contribution is 5.95. The van der Waals surface area contributed by atoms with E-state index in [9.17, 15) is 4.79 Å². The van der Waals surface area contributed by atoms with E-state index in [2.05, 4.69) is 4.99 Å². The molecule has 0 aliphatic heterocycles. The van der Waals surface area contributed by atoms with Gasteiger partial charge in [0.25, 0.3) is 0 Å². The smallest absolute Gasteiger partial charge is 0.305 e. The van der Waals surface area contributed by atoms with Gasteiger partial charge in [-0.05, 0) is 24.3 Å². The first-order valence-electron chi connectivity index (χ1n) is 5.30. The fraction of sp³-hybridized carbons (Fsp3) is 0.250. The Balaban J connectivity index is 2.94. The molecule has 3 N–H and O–H groups in total. The van der Waals surface area contributed by atoms with Gasteiger partial charge in [0.05, 0.1) is 18.1 Å². The number of carboxylic acids is 1. The van der Waals surface area contributed by atoms with E-state index >= 15 is 0 Å². The SMILES string of the molecule is CN=C(N)N(CCC(=O)O)c1ccc(C#N)cc1. The molecule has 0 radical (unpaired) electrons. The molecule has 1 aromatic rings. The third-order valence-corrected chi connectivity index (χ3v) is 2.36. The molecule has 0 heterocycles. The molecule has 0 saturated carbocycles. The summed E-state index contributed by atoms with van der Waals surface area (Å²) in [6.07, 6.45) is -0.0454. The summed E-state index contributed by atoms with van der Waals surface area (Å²) in [4.78, 5) is 16.0. The predicted octanol–water partition coefficient (Wildman–Crippen LogP) is 0.784. The lowest BCUT2D eigenvalue weighted by atomic mass is 10.2. The maximum atomic E-state index is 10.6. The molecule has 0 unspecified atom stereocenters. The average Bonchev–Trinajstić information content (AvgIpc) is 2.39. The lowest BCUT2D eigenvalue weighted by Gasteiger charge is -2.22. The molecule has 0 bridgehead atoms. The summed E-state index contributed by atoms with van der Waals surface area (Å²) >= 11 is 0. The van der Waals surface area contributed by atoms with Crippen molar-refractivity contribution < 1.29 is 9.90 Å². The number of hydrogen-bond donors (Lipinski definition) is 2. The van der Waals surface area contributed by atoms with Gasteiger partial charge in [-0.3, -0.25) is 9.79 Å². The number of nitrogens with two attached hydrogens (primary N) is 1. The number of nitrogens with zero attached hydrogens (tertiary/aromatic N) is 3. The second-order valence-electron chi connectivity index (χ2n) is 3.54. The van der Waals surface area contributed by atoms with Crippen LogP contribution in [0.25, 0.3) is 0 Å². The minimum absolute atomic E-state index is 0.0454.